The molecule has 0 aliphatic heterocycles. The molecule has 0 amide bonds. The number of nitrogens with one attached hydrogen (secondary N) is 1. The molecule has 5 heteroatoms. The van der Waals surface area contributed by atoms with E-state index in [-0.39, 0.29) is 0 Å². The Morgan fingerprint density at radius 1 is 0.482 bits per heavy atom. The molecule has 0 radical (unpaired) electrons. The molecule has 272 valence electrons. The maximum absolute atomic E-state index is 7.16. The first-order chi connectivity index (χ1) is 27.5. The molecule has 0 aliphatic rings. The van der Waals surface area contributed by atoms with Crippen LogP contribution in [0.15, 0.2) is 229 Å². The third-order valence-electron chi connectivity index (χ3n) is 10.5. The molecular weight excluding hydrogens is 697 g/mol. The van der Waals surface area contributed by atoms with Gasteiger partial charge in [-0.2, -0.15) is 0 Å². The fourth-order valence-corrected chi connectivity index (χ4v) is 12.6. The highest BCUT2D eigenvalue weighted by Crippen LogP contribution is 2.32. The van der Waals surface area contributed by atoms with Gasteiger partial charge in [0.2, 0.25) is 0 Å². The van der Waals surface area contributed by atoms with Crippen molar-refractivity contribution in [3.63, 3.8) is 0 Å². The number of hydrogen-bond acceptors (Lipinski definition) is 3. The Bertz CT molecular complexity index is 2410. The Labute approximate surface area is 330 Å². The molecule has 0 fully saturated rings. The van der Waals surface area contributed by atoms with Gasteiger partial charge in [-0.1, -0.05) is 206 Å². The Kier molecular flexibility index (Phi) is 10.5. The van der Waals surface area contributed by atoms with Crippen molar-refractivity contribution in [2.75, 3.05) is 5.32 Å². The van der Waals surface area contributed by atoms with E-state index in [4.69, 9.17) is 16.5 Å². The average molecular weight is 741 g/mol. The minimum absolute atomic E-state index is 0.405. The summed E-state index contributed by atoms with van der Waals surface area (Å²) < 4.78 is 0. The van der Waals surface area contributed by atoms with Crippen LogP contribution in [0.1, 0.15) is 16.7 Å². The first-order valence-electron chi connectivity index (χ1n) is 19.0. The zero-order valence-corrected chi connectivity index (χ0v) is 32.2. The summed E-state index contributed by atoms with van der Waals surface area (Å²) in [5.41, 5.74) is 19.7. The lowest BCUT2D eigenvalue weighted by Crippen LogP contribution is -2.74. The van der Waals surface area contributed by atoms with Crippen molar-refractivity contribution in [3.8, 4) is 11.1 Å². The minimum Gasteiger partial charge on any atom is -0.383 e. The van der Waals surface area contributed by atoms with Gasteiger partial charge in [0.05, 0.1) is 0 Å². The normalized spacial score (nSPS) is 12.8. The molecule has 0 spiro atoms. The van der Waals surface area contributed by atoms with Gasteiger partial charge in [0, 0.05) is 28.9 Å². The number of amidine groups is 1. The second-order valence-corrected chi connectivity index (χ2v) is 17.9. The van der Waals surface area contributed by atoms with E-state index in [0.29, 0.717) is 12.3 Å². The van der Waals surface area contributed by atoms with Crippen LogP contribution in [0.3, 0.4) is 0 Å². The summed E-state index contributed by atoms with van der Waals surface area (Å²) in [5, 5.41) is 9.10. The summed E-state index contributed by atoms with van der Waals surface area (Å²) in [6.07, 6.45) is 0.496. The largest absolute Gasteiger partial charge is 0.383 e. The quantitative estimate of drug-likeness (QED) is 0.0512. The van der Waals surface area contributed by atoms with E-state index < -0.39 is 13.7 Å². The lowest BCUT2D eigenvalue weighted by molar-refractivity contribution is 0.465. The van der Waals surface area contributed by atoms with Crippen molar-refractivity contribution in [1.29, 1.82) is 0 Å². The van der Waals surface area contributed by atoms with Crippen molar-refractivity contribution >= 4 is 46.0 Å². The van der Waals surface area contributed by atoms with Crippen molar-refractivity contribution in [1.82, 2.24) is 0 Å². The Morgan fingerprint density at radius 3 is 1.46 bits per heavy atom. The van der Waals surface area contributed by atoms with Crippen LogP contribution in [0.4, 0.5) is 11.4 Å². The van der Waals surface area contributed by atoms with E-state index in [9.17, 15) is 0 Å². The van der Waals surface area contributed by atoms with Gasteiger partial charge in [0.1, 0.15) is 11.5 Å². The molecule has 8 aromatic rings. The molecule has 0 saturated heterocycles. The van der Waals surface area contributed by atoms with Gasteiger partial charge in [-0.3, -0.25) is 0 Å². The van der Waals surface area contributed by atoms with Gasteiger partial charge in [-0.05, 0) is 55.6 Å². The first-order valence-corrected chi connectivity index (χ1v) is 21.0. The monoisotopic (exact) mass is 740 g/mol. The zero-order valence-electron chi connectivity index (χ0n) is 31.2. The molecule has 56 heavy (non-hydrogen) atoms. The van der Waals surface area contributed by atoms with Crippen LogP contribution in [0.2, 0.25) is 0 Å². The lowest BCUT2D eigenvalue weighted by Gasteiger charge is -2.34. The van der Waals surface area contributed by atoms with E-state index in [1.165, 1.54) is 20.7 Å². The number of para-hydroxylation sites is 1. The molecule has 8 aromatic carbocycles. The number of nitrogens with two attached hydrogens (primary N) is 2. The van der Waals surface area contributed by atoms with Gasteiger partial charge in [-0.25, -0.2) is 4.99 Å². The highest BCUT2D eigenvalue weighted by Gasteiger charge is 2.41. The van der Waals surface area contributed by atoms with E-state index in [1.54, 1.807) is 0 Å². The van der Waals surface area contributed by atoms with Crippen LogP contribution < -0.4 is 37.5 Å². The summed E-state index contributed by atoms with van der Waals surface area (Å²) in [7, 11) is -2.62. The Morgan fingerprint density at radius 2 is 0.929 bits per heavy atom. The fraction of sp³-hybridized carbons (Fsp3) is 0.0392. The van der Waals surface area contributed by atoms with Crippen LogP contribution >= 0.6 is 0 Å². The van der Waals surface area contributed by atoms with Crippen molar-refractivity contribution in [2.24, 2.45) is 16.5 Å². The number of aliphatic imine (C=N–C) groups is 1. The van der Waals surface area contributed by atoms with E-state index in [2.05, 4.69) is 169 Å². The highest BCUT2D eigenvalue weighted by atomic mass is 28.3. The second kappa shape index (κ2) is 16.3. The summed E-state index contributed by atoms with van der Waals surface area (Å²) in [6.45, 7) is 0. The van der Waals surface area contributed by atoms with Gasteiger partial charge in [-0.15, -0.1) is 0 Å². The summed E-state index contributed by atoms with van der Waals surface area (Å²) >= 11 is 0. The Balaban J connectivity index is 1.12. The third kappa shape index (κ3) is 7.46. The maximum Gasteiger partial charge on any atom is 0.179 e. The fourth-order valence-electron chi connectivity index (χ4n) is 7.81. The van der Waals surface area contributed by atoms with Gasteiger partial charge in [0.25, 0.3) is 0 Å². The summed E-state index contributed by atoms with van der Waals surface area (Å²) in [4.78, 5) is 4.95. The number of rotatable bonds is 12. The molecule has 0 aliphatic carbocycles. The van der Waals surface area contributed by atoms with Crippen molar-refractivity contribution < 1.29 is 0 Å². The number of hydrogen-bond donors (Lipinski definition) is 3. The molecule has 0 aromatic heterocycles. The third-order valence-corrected chi connectivity index (χ3v) is 15.3. The zero-order chi connectivity index (χ0) is 38.2. The smallest absolute Gasteiger partial charge is 0.179 e. The van der Waals surface area contributed by atoms with E-state index in [0.717, 1.165) is 39.2 Å². The number of anilines is 2. The standard InChI is InChI=1S/C51H44N4Si/c52-50(41-20-8-2-9-21-41)55-51(53,38-39-18-6-1-7-19-39)42-32-34-43(35-33-42)54-49-29-17-16-28-48(49)40-30-36-47(37-31-40)56(44-22-10-3-11-23-44,45-24-12-4-13-25-45)46-26-14-5-15-27-46/h1-37,54H,38,53H2,(H2,52,55)/t51-/m1/s1. The molecule has 5 N–H and O–H groups in total. The van der Waals surface area contributed by atoms with E-state index in [1.807, 2.05) is 60.7 Å². The predicted octanol–water partition coefficient (Wildman–Crippen LogP) is 8.23. The molecule has 0 bridgehead atoms. The number of benzene rings is 8. The number of nitrogens with zero attached hydrogens (tertiary/aromatic N) is 1. The molecule has 0 unspecified atom stereocenters. The van der Waals surface area contributed by atoms with Crippen molar-refractivity contribution in [2.45, 2.75) is 12.1 Å². The summed E-state index contributed by atoms with van der Waals surface area (Å²) in [6, 6.07) is 79.0. The molecule has 4 nitrogen and oxygen atoms in total. The van der Waals surface area contributed by atoms with Crippen LogP contribution in [0.25, 0.3) is 11.1 Å². The van der Waals surface area contributed by atoms with E-state index >= 15 is 0 Å². The molecule has 1 atom stereocenters. The van der Waals surface area contributed by atoms with Crippen LogP contribution in [0.5, 0.6) is 0 Å². The lowest BCUT2D eigenvalue weighted by atomic mass is 9.92. The van der Waals surface area contributed by atoms with Crippen molar-refractivity contribution in [3.05, 3.63) is 241 Å². The van der Waals surface area contributed by atoms with Crippen LogP contribution in [0, 0.1) is 0 Å². The summed E-state index contributed by atoms with van der Waals surface area (Å²) in [5.74, 6) is 0.405. The molecule has 0 heterocycles. The maximum atomic E-state index is 7.16. The van der Waals surface area contributed by atoms with Gasteiger partial charge in [0.15, 0.2) is 8.07 Å². The van der Waals surface area contributed by atoms with Gasteiger partial charge >= 0.3 is 0 Å². The average Bonchev–Trinajstić information content (AvgIpc) is 3.26. The highest BCUT2D eigenvalue weighted by molar-refractivity contribution is 7.19. The van der Waals surface area contributed by atoms with Gasteiger partial charge < -0.3 is 16.8 Å². The van der Waals surface area contributed by atoms with Crippen LogP contribution in [-0.2, 0) is 12.1 Å². The minimum atomic E-state index is -2.62. The first kappa shape index (κ1) is 36.2. The Hall–Kier alpha value is -6.79. The molecular formula is C51H44N4Si. The molecule has 8 rings (SSSR count). The van der Waals surface area contributed by atoms with Crippen LogP contribution in [-0.4, -0.2) is 13.9 Å². The molecule has 0 saturated carbocycles. The topological polar surface area (TPSA) is 76.4 Å². The SMILES string of the molecule is NC(=N[C@](N)(Cc1ccccc1)c1ccc(Nc2ccccc2-c2ccc([Si](c3ccccc3)(c3ccccc3)c3ccccc3)cc2)cc1)c1ccccc1. The predicted molar refractivity (Wildman–Crippen MR) is 238 cm³/mol. The second-order valence-electron chi connectivity index (χ2n) is 14.1.